The molecule has 0 rings (SSSR count). The zero-order valence-electron chi connectivity index (χ0n) is 14.7. The molecule has 0 aromatic rings. The van der Waals surface area contributed by atoms with Crippen molar-refractivity contribution in [3.8, 4) is 0 Å². The topological polar surface area (TPSA) is 55.8 Å². The standard InChI is InChI=1S/C16H32O4Si/c1-8-13(17)12(14(18)20-15(2,3)4)10-9-11-19-21-16(5,6)7/h12-13,17H,8-11H2,1-7H3/t12-,13-/m1/s1. The Morgan fingerprint density at radius 3 is 2.19 bits per heavy atom. The molecule has 0 heterocycles. The number of carbonyl (C=O) groups is 1. The highest BCUT2D eigenvalue weighted by atomic mass is 28.2. The highest BCUT2D eigenvalue weighted by Gasteiger charge is 2.29. The average Bonchev–Trinajstić information content (AvgIpc) is 2.29. The quantitative estimate of drug-likeness (QED) is 0.424. The van der Waals surface area contributed by atoms with Gasteiger partial charge in [0.1, 0.15) is 5.60 Å². The van der Waals surface area contributed by atoms with E-state index in [2.05, 4.69) is 20.8 Å². The summed E-state index contributed by atoms with van der Waals surface area (Å²) in [5.74, 6) is -0.772. The normalized spacial score (nSPS) is 15.6. The highest BCUT2D eigenvalue weighted by molar-refractivity contribution is 6.31. The molecule has 0 bridgehead atoms. The first kappa shape index (κ1) is 20.6. The van der Waals surface area contributed by atoms with E-state index in [1.54, 1.807) is 0 Å². The fourth-order valence-electron chi connectivity index (χ4n) is 1.77. The van der Waals surface area contributed by atoms with E-state index >= 15 is 0 Å². The minimum Gasteiger partial charge on any atom is -0.460 e. The fraction of sp³-hybridized carbons (Fsp3) is 0.938. The van der Waals surface area contributed by atoms with Crippen LogP contribution in [0.5, 0.6) is 0 Å². The molecular formula is C16H32O4Si. The van der Waals surface area contributed by atoms with Crippen LogP contribution in [0.15, 0.2) is 0 Å². The van der Waals surface area contributed by atoms with Crippen LogP contribution in [0.2, 0.25) is 5.04 Å². The van der Waals surface area contributed by atoms with Gasteiger partial charge in [0.25, 0.3) is 0 Å². The van der Waals surface area contributed by atoms with Crippen LogP contribution in [0.4, 0.5) is 0 Å². The summed E-state index contributed by atoms with van der Waals surface area (Å²) in [6, 6.07) is 0. The SMILES string of the molecule is CC[C@@H](O)[C@@H](CCCO[Si]C(C)(C)C)C(=O)OC(C)(C)C. The summed E-state index contributed by atoms with van der Waals surface area (Å²) < 4.78 is 11.0. The van der Waals surface area contributed by atoms with Crippen molar-refractivity contribution in [2.24, 2.45) is 5.92 Å². The van der Waals surface area contributed by atoms with Crippen molar-refractivity contribution in [2.45, 2.75) is 84.5 Å². The van der Waals surface area contributed by atoms with E-state index in [1.165, 1.54) is 0 Å². The van der Waals surface area contributed by atoms with Crippen LogP contribution in [0, 0.1) is 5.92 Å². The number of ether oxygens (including phenoxy) is 1. The lowest BCUT2D eigenvalue weighted by Gasteiger charge is -2.26. The van der Waals surface area contributed by atoms with Gasteiger partial charge in [0.2, 0.25) is 9.76 Å². The summed E-state index contributed by atoms with van der Waals surface area (Å²) >= 11 is 0. The molecule has 0 aliphatic heterocycles. The summed E-state index contributed by atoms with van der Waals surface area (Å²) in [6.45, 7) is 14.4. The van der Waals surface area contributed by atoms with Gasteiger partial charge in [-0.2, -0.15) is 0 Å². The third-order valence-electron chi connectivity index (χ3n) is 2.73. The predicted molar refractivity (Wildman–Crippen MR) is 86.3 cm³/mol. The predicted octanol–water partition coefficient (Wildman–Crippen LogP) is 3.35. The summed E-state index contributed by atoms with van der Waals surface area (Å²) in [5.41, 5.74) is -0.521. The molecule has 0 aromatic carbocycles. The molecule has 5 heteroatoms. The maximum absolute atomic E-state index is 12.2. The molecule has 0 amide bonds. The molecule has 1 N–H and O–H groups in total. The minimum atomic E-state index is -0.648. The Morgan fingerprint density at radius 2 is 1.76 bits per heavy atom. The summed E-state index contributed by atoms with van der Waals surface area (Å²) in [5, 5.41) is 10.2. The molecule has 21 heavy (non-hydrogen) atoms. The Bertz CT molecular complexity index is 304. The Kier molecular flexibility index (Phi) is 8.74. The smallest absolute Gasteiger partial charge is 0.312 e. The number of carbonyl (C=O) groups excluding carboxylic acids is 1. The van der Waals surface area contributed by atoms with E-state index in [0.29, 0.717) is 29.2 Å². The second kappa shape index (κ2) is 8.91. The Balaban J connectivity index is 4.29. The third kappa shape index (κ3) is 10.9. The number of aliphatic hydroxyl groups excluding tert-OH is 1. The maximum Gasteiger partial charge on any atom is 0.312 e. The van der Waals surface area contributed by atoms with Crippen molar-refractivity contribution in [1.29, 1.82) is 0 Å². The van der Waals surface area contributed by atoms with Crippen LogP contribution in [-0.2, 0) is 14.0 Å². The summed E-state index contributed by atoms with van der Waals surface area (Å²) in [6.07, 6.45) is 1.25. The third-order valence-corrected chi connectivity index (χ3v) is 3.69. The molecule has 4 nitrogen and oxygen atoms in total. The number of aliphatic hydroxyl groups is 1. The van der Waals surface area contributed by atoms with Gasteiger partial charge in [0, 0.05) is 6.61 Å². The van der Waals surface area contributed by atoms with Gasteiger partial charge in [-0.1, -0.05) is 27.7 Å². The van der Waals surface area contributed by atoms with Crippen LogP contribution < -0.4 is 0 Å². The fourth-order valence-corrected chi connectivity index (χ4v) is 2.45. The molecule has 0 unspecified atom stereocenters. The van der Waals surface area contributed by atoms with Gasteiger partial charge in [-0.25, -0.2) is 0 Å². The zero-order chi connectivity index (χ0) is 16.7. The Labute approximate surface area is 132 Å². The lowest BCUT2D eigenvalue weighted by Crippen LogP contribution is -2.35. The summed E-state index contributed by atoms with van der Waals surface area (Å²) in [7, 11) is 0.447. The molecular weight excluding hydrogens is 284 g/mol. The van der Waals surface area contributed by atoms with Gasteiger partial charge < -0.3 is 14.3 Å². The molecule has 0 spiro atoms. The first-order valence-electron chi connectivity index (χ1n) is 7.76. The molecule has 2 radical (unpaired) electrons. The van der Waals surface area contributed by atoms with Crippen molar-refractivity contribution in [3.05, 3.63) is 0 Å². The molecule has 0 saturated heterocycles. The van der Waals surface area contributed by atoms with Crippen LogP contribution in [0.1, 0.15) is 67.7 Å². The molecule has 0 aliphatic rings. The Hall–Kier alpha value is -0.393. The van der Waals surface area contributed by atoms with E-state index in [0.717, 1.165) is 6.42 Å². The molecule has 0 aromatic heterocycles. The number of hydrogen-bond acceptors (Lipinski definition) is 4. The van der Waals surface area contributed by atoms with Crippen molar-refractivity contribution in [1.82, 2.24) is 0 Å². The van der Waals surface area contributed by atoms with Crippen LogP contribution >= 0.6 is 0 Å². The van der Waals surface area contributed by atoms with E-state index < -0.39 is 17.6 Å². The first-order chi connectivity index (χ1) is 9.46. The minimum absolute atomic E-state index is 0.174. The second-order valence-electron chi connectivity index (χ2n) is 7.46. The number of hydrogen-bond donors (Lipinski definition) is 1. The largest absolute Gasteiger partial charge is 0.460 e. The number of rotatable bonds is 8. The number of esters is 1. The highest BCUT2D eigenvalue weighted by Crippen LogP contribution is 2.22. The van der Waals surface area contributed by atoms with E-state index in [1.807, 2.05) is 27.7 Å². The lowest BCUT2D eigenvalue weighted by molar-refractivity contribution is -0.164. The van der Waals surface area contributed by atoms with Gasteiger partial charge in [0.05, 0.1) is 12.0 Å². The van der Waals surface area contributed by atoms with Gasteiger partial charge >= 0.3 is 5.97 Å². The average molecular weight is 317 g/mol. The van der Waals surface area contributed by atoms with Gasteiger partial charge in [0.15, 0.2) is 0 Å². The van der Waals surface area contributed by atoms with E-state index in [4.69, 9.17) is 9.16 Å². The molecule has 0 aliphatic carbocycles. The van der Waals surface area contributed by atoms with Crippen molar-refractivity contribution in [2.75, 3.05) is 6.61 Å². The van der Waals surface area contributed by atoms with Gasteiger partial charge in [-0.05, 0) is 45.1 Å². The first-order valence-corrected chi connectivity index (χ1v) is 8.67. The zero-order valence-corrected chi connectivity index (χ0v) is 15.7. The van der Waals surface area contributed by atoms with Crippen molar-refractivity contribution < 1.29 is 19.1 Å². The van der Waals surface area contributed by atoms with Gasteiger partial charge in [-0.3, -0.25) is 4.79 Å². The molecule has 124 valence electrons. The van der Waals surface area contributed by atoms with Gasteiger partial charge in [-0.15, -0.1) is 0 Å². The lowest BCUT2D eigenvalue weighted by atomic mass is 9.95. The molecule has 0 saturated carbocycles. The molecule has 0 fully saturated rings. The van der Waals surface area contributed by atoms with Crippen LogP contribution in [0.3, 0.4) is 0 Å². The maximum atomic E-state index is 12.2. The van der Waals surface area contributed by atoms with Crippen molar-refractivity contribution in [3.63, 3.8) is 0 Å². The van der Waals surface area contributed by atoms with E-state index in [-0.39, 0.29) is 11.0 Å². The van der Waals surface area contributed by atoms with E-state index in [9.17, 15) is 9.90 Å². The Morgan fingerprint density at radius 1 is 1.19 bits per heavy atom. The monoisotopic (exact) mass is 316 g/mol. The molecule has 2 atom stereocenters. The van der Waals surface area contributed by atoms with Crippen LogP contribution in [-0.4, -0.2) is 39.2 Å². The van der Waals surface area contributed by atoms with Crippen LogP contribution in [0.25, 0.3) is 0 Å². The summed E-state index contributed by atoms with van der Waals surface area (Å²) in [4.78, 5) is 12.2. The van der Waals surface area contributed by atoms with Crippen molar-refractivity contribution >= 4 is 15.7 Å². The second-order valence-corrected chi connectivity index (χ2v) is 9.45.